The highest BCUT2D eigenvalue weighted by molar-refractivity contribution is 5.91. The van der Waals surface area contributed by atoms with Crippen LogP contribution in [0, 0.1) is 5.41 Å². The van der Waals surface area contributed by atoms with Gasteiger partial charge in [-0.2, -0.15) is 0 Å². The molecule has 1 aromatic carbocycles. The third-order valence-electron chi connectivity index (χ3n) is 3.12. The number of hydrogen-bond acceptors (Lipinski definition) is 4. The highest BCUT2D eigenvalue weighted by Gasteiger charge is 2.03. The molecule has 118 valence electrons. The molecule has 0 bridgehead atoms. The highest BCUT2D eigenvalue weighted by Crippen LogP contribution is 2.13. The molecule has 21 heavy (non-hydrogen) atoms. The zero-order chi connectivity index (χ0) is 15.3. The van der Waals surface area contributed by atoms with Gasteiger partial charge in [-0.3, -0.25) is 5.41 Å². The largest absolute Gasteiger partial charge is 0.494 e. The summed E-state index contributed by atoms with van der Waals surface area (Å²) in [6.07, 6.45) is 5.32. The minimum atomic E-state index is 0.213. The van der Waals surface area contributed by atoms with Gasteiger partial charge in [-0.05, 0) is 43.5 Å². The monoisotopic (exact) mass is 293 g/mol. The summed E-state index contributed by atoms with van der Waals surface area (Å²) < 4.78 is 16.0. The Morgan fingerprint density at radius 1 is 0.952 bits per heavy atom. The molecular formula is C17H27NO3. The maximum Gasteiger partial charge on any atom is 0.213 e. The van der Waals surface area contributed by atoms with E-state index in [4.69, 9.17) is 19.6 Å². The van der Waals surface area contributed by atoms with Crippen molar-refractivity contribution in [3.8, 4) is 5.75 Å². The van der Waals surface area contributed by atoms with E-state index in [9.17, 15) is 0 Å². The summed E-state index contributed by atoms with van der Waals surface area (Å²) in [5.74, 6) is 1.06. The molecule has 4 nitrogen and oxygen atoms in total. The summed E-state index contributed by atoms with van der Waals surface area (Å²) in [4.78, 5) is 0. The summed E-state index contributed by atoms with van der Waals surface area (Å²) in [6.45, 7) is 4.22. The zero-order valence-electron chi connectivity index (χ0n) is 13.2. The number of rotatable bonds is 11. The fourth-order valence-electron chi connectivity index (χ4n) is 1.85. The van der Waals surface area contributed by atoms with E-state index in [1.165, 1.54) is 12.8 Å². The maximum atomic E-state index is 7.88. The van der Waals surface area contributed by atoms with Crippen molar-refractivity contribution in [1.29, 1.82) is 5.41 Å². The minimum Gasteiger partial charge on any atom is -0.494 e. The van der Waals surface area contributed by atoms with Crippen LogP contribution in [0.25, 0.3) is 0 Å². The van der Waals surface area contributed by atoms with Crippen LogP contribution in [-0.4, -0.2) is 32.8 Å². The van der Waals surface area contributed by atoms with Gasteiger partial charge in [0.05, 0.1) is 13.2 Å². The molecule has 0 aliphatic carbocycles. The quantitative estimate of drug-likeness (QED) is 0.381. The third kappa shape index (κ3) is 7.71. The van der Waals surface area contributed by atoms with Crippen LogP contribution in [0.3, 0.4) is 0 Å². The Kier molecular flexibility index (Phi) is 9.29. The van der Waals surface area contributed by atoms with E-state index in [-0.39, 0.29) is 5.90 Å². The predicted octanol–water partition coefficient (Wildman–Crippen LogP) is 4.02. The lowest BCUT2D eigenvalue weighted by atomic mass is 10.2. The average Bonchev–Trinajstić information content (AvgIpc) is 2.52. The van der Waals surface area contributed by atoms with Crippen molar-refractivity contribution < 1.29 is 14.2 Å². The molecule has 1 aromatic rings. The number of ether oxygens (including phenoxy) is 3. The molecule has 0 saturated carbocycles. The van der Waals surface area contributed by atoms with Crippen LogP contribution in [0.2, 0.25) is 0 Å². The lowest BCUT2D eigenvalue weighted by molar-refractivity contribution is 0.182. The van der Waals surface area contributed by atoms with Crippen LogP contribution in [0.4, 0.5) is 0 Å². The smallest absolute Gasteiger partial charge is 0.213 e. The highest BCUT2D eigenvalue weighted by atomic mass is 16.5. The van der Waals surface area contributed by atoms with Gasteiger partial charge >= 0.3 is 0 Å². The number of unbranched alkanes of at least 4 members (excludes halogenated alkanes) is 3. The molecule has 1 N–H and O–H groups in total. The lowest BCUT2D eigenvalue weighted by Crippen LogP contribution is -2.07. The van der Waals surface area contributed by atoms with E-state index in [0.717, 1.165) is 43.8 Å². The molecule has 0 fully saturated rings. The van der Waals surface area contributed by atoms with Gasteiger partial charge in [-0.1, -0.05) is 19.8 Å². The van der Waals surface area contributed by atoms with Gasteiger partial charge in [0.2, 0.25) is 5.90 Å². The maximum absolute atomic E-state index is 7.88. The SMILES string of the molecule is CCCCCOc1ccc(C(=N)OCCCCOC)cc1. The van der Waals surface area contributed by atoms with Gasteiger partial charge in [0.1, 0.15) is 5.75 Å². The second kappa shape index (κ2) is 11.1. The first-order valence-electron chi connectivity index (χ1n) is 7.71. The van der Waals surface area contributed by atoms with Crippen molar-refractivity contribution >= 4 is 5.90 Å². The Balaban J connectivity index is 2.27. The first-order valence-corrected chi connectivity index (χ1v) is 7.71. The summed E-state index contributed by atoms with van der Waals surface area (Å²) in [5.41, 5.74) is 0.780. The lowest BCUT2D eigenvalue weighted by Gasteiger charge is -2.09. The summed E-state index contributed by atoms with van der Waals surface area (Å²) in [7, 11) is 1.69. The van der Waals surface area contributed by atoms with Crippen molar-refractivity contribution in [2.45, 2.75) is 39.0 Å². The molecular weight excluding hydrogens is 266 g/mol. The van der Waals surface area contributed by atoms with Gasteiger partial charge in [0, 0.05) is 19.3 Å². The number of methoxy groups -OCH3 is 1. The summed E-state index contributed by atoms with van der Waals surface area (Å²) in [6, 6.07) is 7.52. The summed E-state index contributed by atoms with van der Waals surface area (Å²) in [5, 5.41) is 7.88. The molecule has 0 spiro atoms. The Morgan fingerprint density at radius 3 is 2.29 bits per heavy atom. The van der Waals surface area contributed by atoms with Crippen LogP contribution >= 0.6 is 0 Å². The van der Waals surface area contributed by atoms with Gasteiger partial charge in [-0.25, -0.2) is 0 Å². The van der Waals surface area contributed by atoms with Crippen LogP contribution in [0.1, 0.15) is 44.6 Å². The van der Waals surface area contributed by atoms with E-state index < -0.39 is 0 Å². The van der Waals surface area contributed by atoms with Crippen molar-refractivity contribution in [2.75, 3.05) is 26.9 Å². The van der Waals surface area contributed by atoms with Gasteiger partial charge < -0.3 is 14.2 Å². The first-order chi connectivity index (χ1) is 10.3. The zero-order valence-corrected chi connectivity index (χ0v) is 13.2. The number of hydrogen-bond donors (Lipinski definition) is 1. The fraction of sp³-hybridized carbons (Fsp3) is 0.588. The normalized spacial score (nSPS) is 10.4. The number of nitrogens with one attached hydrogen (secondary N) is 1. The molecule has 0 radical (unpaired) electrons. The molecule has 0 unspecified atom stereocenters. The first kappa shape index (κ1) is 17.5. The Labute approximate surface area is 127 Å². The second-order valence-electron chi connectivity index (χ2n) is 4.96. The molecule has 0 saturated heterocycles. The van der Waals surface area contributed by atoms with E-state index in [0.29, 0.717) is 6.61 Å². The van der Waals surface area contributed by atoms with E-state index in [1.54, 1.807) is 7.11 Å². The topological polar surface area (TPSA) is 51.5 Å². The van der Waals surface area contributed by atoms with E-state index in [2.05, 4.69) is 6.92 Å². The number of benzene rings is 1. The average molecular weight is 293 g/mol. The molecule has 1 rings (SSSR count). The van der Waals surface area contributed by atoms with Crippen molar-refractivity contribution in [3.05, 3.63) is 29.8 Å². The van der Waals surface area contributed by atoms with Gasteiger partial charge in [0.15, 0.2) is 0 Å². The predicted molar refractivity (Wildman–Crippen MR) is 85.4 cm³/mol. The Morgan fingerprint density at radius 2 is 1.62 bits per heavy atom. The van der Waals surface area contributed by atoms with Crippen LogP contribution in [0.5, 0.6) is 5.75 Å². The van der Waals surface area contributed by atoms with E-state index >= 15 is 0 Å². The molecule has 0 aromatic heterocycles. The van der Waals surface area contributed by atoms with Crippen molar-refractivity contribution in [1.82, 2.24) is 0 Å². The van der Waals surface area contributed by atoms with Gasteiger partial charge in [-0.15, -0.1) is 0 Å². The minimum absolute atomic E-state index is 0.213. The van der Waals surface area contributed by atoms with Crippen molar-refractivity contribution in [3.63, 3.8) is 0 Å². The third-order valence-corrected chi connectivity index (χ3v) is 3.12. The Hall–Kier alpha value is -1.55. The molecule has 0 heterocycles. The molecule has 0 aliphatic heterocycles. The van der Waals surface area contributed by atoms with Gasteiger partial charge in [0.25, 0.3) is 0 Å². The van der Waals surface area contributed by atoms with Crippen molar-refractivity contribution in [2.24, 2.45) is 0 Å². The Bertz CT molecular complexity index is 390. The van der Waals surface area contributed by atoms with Crippen LogP contribution < -0.4 is 4.74 Å². The van der Waals surface area contributed by atoms with Crippen LogP contribution in [-0.2, 0) is 9.47 Å². The fourth-order valence-corrected chi connectivity index (χ4v) is 1.85. The van der Waals surface area contributed by atoms with Crippen LogP contribution in [0.15, 0.2) is 24.3 Å². The molecule has 0 amide bonds. The molecule has 0 aliphatic rings. The molecule has 0 atom stereocenters. The standard InChI is InChI=1S/C17H27NO3/c1-3-4-5-13-20-16-10-8-15(9-11-16)17(18)21-14-7-6-12-19-2/h8-11,18H,3-7,12-14H2,1-2H3. The summed E-state index contributed by atoms with van der Waals surface area (Å²) >= 11 is 0. The van der Waals surface area contributed by atoms with E-state index in [1.807, 2.05) is 24.3 Å². The molecule has 4 heteroatoms. The second-order valence-corrected chi connectivity index (χ2v) is 4.96.